The Hall–Kier alpha value is -1.96. The third-order valence-electron chi connectivity index (χ3n) is 4.08. The van der Waals surface area contributed by atoms with E-state index in [-0.39, 0.29) is 29.2 Å². The molecule has 1 aromatic carbocycles. The first kappa shape index (κ1) is 16.9. The molecule has 1 aliphatic rings. The van der Waals surface area contributed by atoms with Crippen LogP contribution in [0, 0.1) is 10.1 Å². The van der Waals surface area contributed by atoms with E-state index in [1.54, 1.807) is 11.3 Å². The Morgan fingerprint density at radius 3 is 2.96 bits per heavy atom. The van der Waals surface area contributed by atoms with Gasteiger partial charge in [0.05, 0.1) is 22.2 Å². The number of non-ortho nitro benzene ring substituents is 1. The highest BCUT2D eigenvalue weighted by atomic mass is 35.5. The van der Waals surface area contributed by atoms with E-state index in [4.69, 9.17) is 11.6 Å². The first-order valence-corrected chi connectivity index (χ1v) is 8.86. The average molecular weight is 366 g/mol. The normalized spacial score (nSPS) is 17.8. The average Bonchev–Trinajstić information content (AvgIpc) is 3.19. The van der Waals surface area contributed by atoms with Gasteiger partial charge in [0.1, 0.15) is 0 Å². The topological polar surface area (TPSA) is 75.5 Å². The highest BCUT2D eigenvalue weighted by Crippen LogP contribution is 2.33. The van der Waals surface area contributed by atoms with Crippen LogP contribution >= 0.6 is 22.9 Å². The number of halogens is 1. The number of benzene rings is 1. The van der Waals surface area contributed by atoms with Crippen molar-refractivity contribution in [3.63, 3.8) is 0 Å². The summed E-state index contributed by atoms with van der Waals surface area (Å²) < 4.78 is 0. The molecule has 24 heavy (non-hydrogen) atoms. The SMILES string of the molecule is O=C(CN1CCCC1c1ccsc1)Nc1ccc([N+](=O)[O-])cc1Cl. The van der Waals surface area contributed by atoms with Gasteiger partial charge in [0.2, 0.25) is 5.91 Å². The summed E-state index contributed by atoms with van der Waals surface area (Å²) in [5.74, 6) is -0.173. The van der Waals surface area contributed by atoms with Crippen LogP contribution in [0.1, 0.15) is 24.4 Å². The summed E-state index contributed by atoms with van der Waals surface area (Å²) in [5.41, 5.74) is 1.53. The van der Waals surface area contributed by atoms with Crippen molar-refractivity contribution in [2.75, 3.05) is 18.4 Å². The standard InChI is InChI=1S/C16H16ClN3O3S/c17-13-8-12(20(22)23)3-4-14(13)18-16(21)9-19-6-1-2-15(19)11-5-7-24-10-11/h3-5,7-8,10,15H,1-2,6,9H2,(H,18,21). The van der Waals surface area contributed by atoms with Crippen molar-refractivity contribution >= 4 is 40.2 Å². The smallest absolute Gasteiger partial charge is 0.271 e. The number of nitro benzene ring substituents is 1. The summed E-state index contributed by atoms with van der Waals surface area (Å²) in [4.78, 5) is 24.7. The largest absolute Gasteiger partial charge is 0.324 e. The number of carbonyl (C=O) groups excluding carboxylic acids is 1. The van der Waals surface area contributed by atoms with E-state index in [0.29, 0.717) is 5.69 Å². The van der Waals surface area contributed by atoms with Crippen molar-refractivity contribution in [1.29, 1.82) is 0 Å². The fourth-order valence-electron chi connectivity index (χ4n) is 2.95. The number of carbonyl (C=O) groups is 1. The quantitative estimate of drug-likeness (QED) is 0.639. The van der Waals surface area contributed by atoms with Crippen LogP contribution in [0.15, 0.2) is 35.0 Å². The highest BCUT2D eigenvalue weighted by molar-refractivity contribution is 7.07. The Morgan fingerprint density at radius 1 is 1.46 bits per heavy atom. The molecule has 0 aliphatic carbocycles. The molecule has 0 spiro atoms. The van der Waals surface area contributed by atoms with Gasteiger partial charge in [-0.3, -0.25) is 19.8 Å². The van der Waals surface area contributed by atoms with Gasteiger partial charge >= 0.3 is 0 Å². The lowest BCUT2D eigenvalue weighted by atomic mass is 10.1. The lowest BCUT2D eigenvalue weighted by Gasteiger charge is -2.23. The molecule has 1 N–H and O–H groups in total. The predicted octanol–water partition coefficient (Wildman–Crippen LogP) is 4.09. The second-order valence-corrected chi connectivity index (χ2v) is 6.84. The van der Waals surface area contributed by atoms with Crippen LogP contribution in [0.3, 0.4) is 0 Å². The van der Waals surface area contributed by atoms with Crippen LogP contribution in [0.4, 0.5) is 11.4 Å². The minimum absolute atomic E-state index is 0.102. The van der Waals surface area contributed by atoms with Crippen molar-refractivity contribution < 1.29 is 9.72 Å². The fourth-order valence-corrected chi connectivity index (χ4v) is 3.88. The number of nitrogens with zero attached hydrogens (tertiary/aromatic N) is 2. The number of nitrogens with one attached hydrogen (secondary N) is 1. The maximum atomic E-state index is 12.3. The summed E-state index contributed by atoms with van der Waals surface area (Å²) in [6.45, 7) is 1.15. The van der Waals surface area contributed by atoms with Crippen LogP contribution in [0.2, 0.25) is 5.02 Å². The molecular weight excluding hydrogens is 350 g/mol. The van der Waals surface area contributed by atoms with E-state index in [1.807, 2.05) is 5.38 Å². The van der Waals surface area contributed by atoms with Gasteiger partial charge in [-0.2, -0.15) is 11.3 Å². The zero-order chi connectivity index (χ0) is 17.1. The minimum atomic E-state index is -0.521. The van der Waals surface area contributed by atoms with Crippen molar-refractivity contribution in [2.45, 2.75) is 18.9 Å². The second kappa shape index (κ2) is 7.29. The van der Waals surface area contributed by atoms with Crippen molar-refractivity contribution in [1.82, 2.24) is 4.90 Å². The van der Waals surface area contributed by atoms with E-state index in [2.05, 4.69) is 21.7 Å². The molecule has 2 heterocycles. The molecule has 1 unspecified atom stereocenters. The molecular formula is C16H16ClN3O3S. The molecule has 0 radical (unpaired) electrons. The van der Waals surface area contributed by atoms with Crippen molar-refractivity contribution in [3.05, 3.63) is 55.7 Å². The highest BCUT2D eigenvalue weighted by Gasteiger charge is 2.27. The number of anilines is 1. The molecule has 0 bridgehead atoms. The first-order chi connectivity index (χ1) is 11.5. The molecule has 3 rings (SSSR count). The molecule has 126 valence electrons. The Morgan fingerprint density at radius 2 is 2.29 bits per heavy atom. The Kier molecular flexibility index (Phi) is 5.13. The maximum absolute atomic E-state index is 12.3. The molecule has 1 fully saturated rings. The second-order valence-electron chi connectivity index (χ2n) is 5.65. The van der Waals surface area contributed by atoms with Crippen molar-refractivity contribution in [3.8, 4) is 0 Å². The Bertz CT molecular complexity index is 751. The molecule has 1 atom stereocenters. The molecule has 1 aliphatic heterocycles. The van der Waals surface area contributed by atoms with E-state index in [0.717, 1.165) is 19.4 Å². The number of rotatable bonds is 5. The summed E-state index contributed by atoms with van der Waals surface area (Å²) in [6, 6.07) is 6.39. The summed E-state index contributed by atoms with van der Waals surface area (Å²) in [6.07, 6.45) is 2.11. The van der Waals surface area contributed by atoms with Crippen LogP contribution in [0.25, 0.3) is 0 Å². The van der Waals surface area contributed by atoms with E-state index >= 15 is 0 Å². The van der Waals surface area contributed by atoms with Gasteiger partial charge in [-0.05, 0) is 47.8 Å². The van der Waals surface area contributed by atoms with Crippen LogP contribution < -0.4 is 5.32 Å². The van der Waals surface area contributed by atoms with Gasteiger partial charge in [-0.25, -0.2) is 0 Å². The lowest BCUT2D eigenvalue weighted by molar-refractivity contribution is -0.384. The maximum Gasteiger partial charge on any atom is 0.271 e. The number of amides is 1. The number of likely N-dealkylation sites (tertiary alicyclic amines) is 1. The zero-order valence-corrected chi connectivity index (χ0v) is 14.3. The number of thiophene rings is 1. The molecule has 1 aromatic heterocycles. The number of nitro groups is 1. The van der Waals surface area contributed by atoms with Crippen LogP contribution in [0.5, 0.6) is 0 Å². The third kappa shape index (κ3) is 3.75. The van der Waals surface area contributed by atoms with Gasteiger partial charge in [0, 0.05) is 18.2 Å². The van der Waals surface area contributed by atoms with E-state index in [1.165, 1.54) is 23.8 Å². The number of hydrogen-bond donors (Lipinski definition) is 1. The van der Waals surface area contributed by atoms with Crippen LogP contribution in [-0.2, 0) is 4.79 Å². The number of hydrogen-bond acceptors (Lipinski definition) is 5. The molecule has 2 aromatic rings. The van der Waals surface area contributed by atoms with Gasteiger partial charge < -0.3 is 5.32 Å². The predicted molar refractivity (Wildman–Crippen MR) is 94.6 cm³/mol. The monoisotopic (exact) mass is 365 g/mol. The van der Waals surface area contributed by atoms with E-state index in [9.17, 15) is 14.9 Å². The van der Waals surface area contributed by atoms with Gasteiger partial charge in [-0.1, -0.05) is 11.6 Å². The van der Waals surface area contributed by atoms with Crippen molar-refractivity contribution in [2.24, 2.45) is 0 Å². The summed E-state index contributed by atoms with van der Waals surface area (Å²) >= 11 is 7.67. The first-order valence-electron chi connectivity index (χ1n) is 7.54. The van der Waals surface area contributed by atoms with Gasteiger partial charge in [0.15, 0.2) is 0 Å². The van der Waals surface area contributed by atoms with Gasteiger partial charge in [0.25, 0.3) is 5.69 Å². The zero-order valence-electron chi connectivity index (χ0n) is 12.8. The summed E-state index contributed by atoms with van der Waals surface area (Å²) in [5, 5.41) is 17.8. The molecule has 1 saturated heterocycles. The molecule has 6 nitrogen and oxygen atoms in total. The fraction of sp³-hybridized carbons (Fsp3) is 0.312. The van der Waals surface area contributed by atoms with Crippen LogP contribution in [-0.4, -0.2) is 28.8 Å². The third-order valence-corrected chi connectivity index (χ3v) is 5.09. The lowest BCUT2D eigenvalue weighted by Crippen LogP contribution is -2.32. The molecule has 0 saturated carbocycles. The van der Waals surface area contributed by atoms with Gasteiger partial charge in [-0.15, -0.1) is 0 Å². The Labute approximate surface area is 148 Å². The van der Waals surface area contributed by atoms with E-state index < -0.39 is 4.92 Å². The Balaban J connectivity index is 1.64. The molecule has 8 heteroatoms. The minimum Gasteiger partial charge on any atom is -0.324 e. The summed E-state index contributed by atoms with van der Waals surface area (Å²) in [7, 11) is 0. The molecule has 1 amide bonds.